The van der Waals surface area contributed by atoms with E-state index < -0.39 is 17.7 Å². The first-order valence-corrected chi connectivity index (χ1v) is 10.5. The van der Waals surface area contributed by atoms with Crippen molar-refractivity contribution in [2.75, 3.05) is 0 Å². The van der Waals surface area contributed by atoms with E-state index in [1.54, 1.807) is 30.3 Å². The van der Waals surface area contributed by atoms with Gasteiger partial charge in [-0.15, -0.1) is 0 Å². The summed E-state index contributed by atoms with van der Waals surface area (Å²) >= 11 is 5.99. The predicted octanol–water partition coefficient (Wildman–Crippen LogP) is 2.92. The number of benzene rings is 3. The summed E-state index contributed by atoms with van der Waals surface area (Å²) in [6.45, 7) is 0. The van der Waals surface area contributed by atoms with E-state index in [1.807, 2.05) is 30.3 Å². The number of nitrogens with zero attached hydrogens (tertiary/aromatic N) is 1. The normalized spacial score (nSPS) is 12.9. The topological polar surface area (TPSA) is 127 Å². The Labute approximate surface area is 193 Å². The Morgan fingerprint density at radius 2 is 1.79 bits per heavy atom. The minimum absolute atomic E-state index is 0.0689. The molecule has 0 fully saturated rings. The van der Waals surface area contributed by atoms with Crippen LogP contribution >= 0.6 is 11.6 Å². The van der Waals surface area contributed by atoms with Gasteiger partial charge in [0.2, 0.25) is 5.91 Å². The number of aromatic amines is 1. The van der Waals surface area contributed by atoms with Gasteiger partial charge in [0, 0.05) is 10.6 Å². The van der Waals surface area contributed by atoms with E-state index in [-0.39, 0.29) is 29.3 Å². The van der Waals surface area contributed by atoms with Crippen LogP contribution in [0, 0.1) is 0 Å². The highest BCUT2D eigenvalue weighted by atomic mass is 35.5. The number of hydrogen-bond acceptors (Lipinski definition) is 6. The molecular weight excluding hydrogens is 444 g/mol. The molecule has 0 radical (unpaired) electrons. The summed E-state index contributed by atoms with van der Waals surface area (Å²) in [6, 6.07) is 19.0. The van der Waals surface area contributed by atoms with Crippen molar-refractivity contribution in [3.8, 4) is 5.75 Å². The molecule has 0 saturated heterocycles. The van der Waals surface area contributed by atoms with Crippen molar-refractivity contribution in [2.45, 2.75) is 18.6 Å². The zero-order valence-electron chi connectivity index (χ0n) is 17.3. The largest absolute Gasteiger partial charge is 0.508 e. The van der Waals surface area contributed by atoms with Gasteiger partial charge < -0.3 is 15.2 Å². The average molecular weight is 465 g/mol. The number of aliphatic hydroxyl groups is 1. The third-order valence-corrected chi connectivity index (χ3v) is 5.36. The molecule has 0 aliphatic rings. The SMILES string of the molecule is O=C(Cc1ccccc1)NN[C@H](c1nc2ccc(Cl)cc2[nH]c1=O)[C@@H](O)c1ccccc1O. The highest BCUT2D eigenvalue weighted by molar-refractivity contribution is 6.31. The number of para-hydroxylation sites is 1. The Balaban J connectivity index is 1.67. The number of aromatic hydroxyl groups is 1. The van der Waals surface area contributed by atoms with E-state index in [0.717, 1.165) is 5.56 Å². The number of rotatable bonds is 7. The molecule has 5 N–H and O–H groups in total. The van der Waals surface area contributed by atoms with Crippen LogP contribution in [0.25, 0.3) is 11.0 Å². The fraction of sp³-hybridized carbons (Fsp3) is 0.125. The van der Waals surface area contributed by atoms with Crippen molar-refractivity contribution in [1.82, 2.24) is 20.8 Å². The zero-order valence-corrected chi connectivity index (χ0v) is 18.1. The Kier molecular flexibility index (Phi) is 6.69. The highest BCUT2D eigenvalue weighted by Crippen LogP contribution is 2.32. The quantitative estimate of drug-likeness (QED) is 0.268. The van der Waals surface area contributed by atoms with Crippen molar-refractivity contribution in [2.24, 2.45) is 0 Å². The molecule has 0 saturated carbocycles. The molecular formula is C24H21ClN4O4. The van der Waals surface area contributed by atoms with E-state index in [4.69, 9.17) is 11.6 Å². The van der Waals surface area contributed by atoms with Gasteiger partial charge in [0.1, 0.15) is 23.6 Å². The molecule has 4 rings (SSSR count). The number of amides is 1. The molecule has 33 heavy (non-hydrogen) atoms. The molecule has 0 spiro atoms. The summed E-state index contributed by atoms with van der Waals surface area (Å²) in [5.41, 5.74) is 6.47. The van der Waals surface area contributed by atoms with Crippen LogP contribution in [-0.4, -0.2) is 26.1 Å². The van der Waals surface area contributed by atoms with Crippen LogP contribution in [0.3, 0.4) is 0 Å². The summed E-state index contributed by atoms with van der Waals surface area (Å²) in [5.74, 6) is -0.531. The van der Waals surface area contributed by atoms with Gasteiger partial charge in [0.05, 0.1) is 17.5 Å². The lowest BCUT2D eigenvalue weighted by atomic mass is 9.99. The molecule has 9 heteroatoms. The number of H-pyrrole nitrogens is 1. The van der Waals surface area contributed by atoms with Gasteiger partial charge in [-0.2, -0.15) is 0 Å². The number of aromatic nitrogens is 2. The van der Waals surface area contributed by atoms with Gasteiger partial charge in [-0.3, -0.25) is 15.0 Å². The maximum atomic E-state index is 12.9. The molecule has 0 unspecified atom stereocenters. The van der Waals surface area contributed by atoms with Crippen LogP contribution in [-0.2, 0) is 11.2 Å². The lowest BCUT2D eigenvalue weighted by molar-refractivity contribution is -0.121. The van der Waals surface area contributed by atoms with Crippen LogP contribution in [0.1, 0.15) is 29.0 Å². The Bertz CT molecular complexity index is 1340. The Morgan fingerprint density at radius 1 is 1.06 bits per heavy atom. The second kappa shape index (κ2) is 9.83. The second-order valence-corrected chi connectivity index (χ2v) is 7.89. The molecule has 1 heterocycles. The molecule has 168 valence electrons. The maximum Gasteiger partial charge on any atom is 0.271 e. The van der Waals surface area contributed by atoms with Gasteiger partial charge in [-0.25, -0.2) is 10.4 Å². The minimum Gasteiger partial charge on any atom is -0.508 e. The number of fused-ring (bicyclic) bond motifs is 1. The second-order valence-electron chi connectivity index (χ2n) is 7.45. The molecule has 1 amide bonds. The fourth-order valence-electron chi connectivity index (χ4n) is 3.48. The lowest BCUT2D eigenvalue weighted by Gasteiger charge is -2.24. The number of phenolic OH excluding ortho intramolecular Hbond substituents is 1. The summed E-state index contributed by atoms with van der Waals surface area (Å²) in [5, 5.41) is 21.7. The molecule has 2 atom stereocenters. The highest BCUT2D eigenvalue weighted by Gasteiger charge is 2.29. The number of phenols is 1. The van der Waals surface area contributed by atoms with Gasteiger partial charge in [0.25, 0.3) is 5.56 Å². The van der Waals surface area contributed by atoms with Gasteiger partial charge >= 0.3 is 0 Å². The minimum atomic E-state index is -1.40. The van der Waals surface area contributed by atoms with Gasteiger partial charge in [0.15, 0.2) is 0 Å². The van der Waals surface area contributed by atoms with Crippen molar-refractivity contribution < 1.29 is 15.0 Å². The van der Waals surface area contributed by atoms with Crippen LogP contribution in [0.5, 0.6) is 5.75 Å². The average Bonchev–Trinajstić information content (AvgIpc) is 2.80. The number of carbonyl (C=O) groups is 1. The van der Waals surface area contributed by atoms with Crippen LogP contribution in [0.4, 0.5) is 0 Å². The first-order chi connectivity index (χ1) is 15.9. The van der Waals surface area contributed by atoms with Crippen molar-refractivity contribution in [3.63, 3.8) is 0 Å². The van der Waals surface area contributed by atoms with E-state index in [1.165, 1.54) is 12.1 Å². The molecule has 8 nitrogen and oxygen atoms in total. The Hall–Kier alpha value is -3.72. The fourth-order valence-corrected chi connectivity index (χ4v) is 3.65. The number of hydrazine groups is 1. The molecule has 4 aromatic rings. The number of halogens is 1. The van der Waals surface area contributed by atoms with Gasteiger partial charge in [-0.05, 0) is 29.8 Å². The van der Waals surface area contributed by atoms with E-state index in [9.17, 15) is 19.8 Å². The van der Waals surface area contributed by atoms with E-state index >= 15 is 0 Å². The molecule has 0 aliphatic heterocycles. The first-order valence-electron chi connectivity index (χ1n) is 10.2. The smallest absolute Gasteiger partial charge is 0.271 e. The first kappa shape index (κ1) is 22.5. The van der Waals surface area contributed by atoms with E-state index in [0.29, 0.717) is 16.1 Å². The van der Waals surface area contributed by atoms with Crippen molar-refractivity contribution >= 4 is 28.5 Å². The number of hydrogen-bond donors (Lipinski definition) is 5. The van der Waals surface area contributed by atoms with Crippen molar-refractivity contribution in [3.05, 3.63) is 105 Å². The van der Waals surface area contributed by atoms with Gasteiger partial charge in [-0.1, -0.05) is 60.1 Å². The molecule has 1 aromatic heterocycles. The standard InChI is InChI=1S/C24H21ClN4O4/c25-15-10-11-17-18(13-15)27-24(33)22(26-17)21(23(32)16-8-4-5-9-19(16)30)29-28-20(31)12-14-6-2-1-3-7-14/h1-11,13,21,23,29-30,32H,12H2,(H,27,33)(H,28,31)/t21-,23+/m1/s1. The van der Waals surface area contributed by atoms with Crippen LogP contribution in [0.2, 0.25) is 5.02 Å². The number of aliphatic hydroxyl groups excluding tert-OH is 1. The number of carbonyl (C=O) groups excluding carboxylic acids is 1. The van der Waals surface area contributed by atoms with Crippen LogP contribution < -0.4 is 16.4 Å². The molecule has 3 aromatic carbocycles. The predicted molar refractivity (Wildman–Crippen MR) is 125 cm³/mol. The van der Waals surface area contributed by atoms with Crippen molar-refractivity contribution in [1.29, 1.82) is 0 Å². The number of nitrogens with one attached hydrogen (secondary N) is 3. The monoisotopic (exact) mass is 464 g/mol. The van der Waals surface area contributed by atoms with Crippen LogP contribution in [0.15, 0.2) is 77.6 Å². The molecule has 0 bridgehead atoms. The maximum absolute atomic E-state index is 12.9. The van der Waals surface area contributed by atoms with E-state index in [2.05, 4.69) is 20.8 Å². The summed E-state index contributed by atoms with van der Waals surface area (Å²) < 4.78 is 0. The Morgan fingerprint density at radius 3 is 2.55 bits per heavy atom. The third kappa shape index (κ3) is 5.20. The zero-order chi connectivity index (χ0) is 23.4. The summed E-state index contributed by atoms with van der Waals surface area (Å²) in [4.78, 5) is 32.4. The third-order valence-electron chi connectivity index (χ3n) is 5.12. The summed E-state index contributed by atoms with van der Waals surface area (Å²) in [7, 11) is 0. The molecule has 0 aliphatic carbocycles. The lowest BCUT2D eigenvalue weighted by Crippen LogP contribution is -2.45. The summed E-state index contributed by atoms with van der Waals surface area (Å²) in [6.07, 6.45) is -1.31.